The van der Waals surface area contributed by atoms with E-state index < -0.39 is 5.60 Å². The minimum absolute atomic E-state index is 0.151. The number of terminal acetylenes is 1. The third-order valence-corrected chi connectivity index (χ3v) is 5.62. The lowest BCUT2D eigenvalue weighted by Crippen LogP contribution is -2.61. The zero-order valence-corrected chi connectivity index (χ0v) is 14.8. The van der Waals surface area contributed by atoms with Gasteiger partial charge in [0.1, 0.15) is 5.60 Å². The Kier molecular flexibility index (Phi) is 4.35. The molecule has 0 bridgehead atoms. The van der Waals surface area contributed by atoms with Crippen LogP contribution in [0.1, 0.15) is 52.9 Å². The predicted molar refractivity (Wildman–Crippen MR) is 91.0 cm³/mol. The van der Waals surface area contributed by atoms with E-state index in [1.54, 1.807) is 0 Å². The third kappa shape index (κ3) is 3.66. The zero-order chi connectivity index (χ0) is 16.7. The van der Waals surface area contributed by atoms with Crippen molar-refractivity contribution in [1.82, 2.24) is 9.80 Å². The maximum atomic E-state index is 12.2. The van der Waals surface area contributed by atoms with Gasteiger partial charge in [-0.05, 0) is 52.9 Å². The summed E-state index contributed by atoms with van der Waals surface area (Å²) < 4.78 is 5.51. The lowest BCUT2D eigenvalue weighted by molar-refractivity contribution is -0.0383. The van der Waals surface area contributed by atoms with E-state index in [1.165, 1.54) is 25.7 Å². The molecule has 3 rings (SSSR count). The molecule has 0 N–H and O–H groups in total. The Morgan fingerprint density at radius 1 is 1.17 bits per heavy atom. The standard InChI is InChI=1S/C19H30N2O2/c1-5-15-6-8-16(9-7-15)21-13-19(14-21)10-11-20(12-19)17(22)23-18(2,3)4/h1,15-16H,6-14H2,2-4H3. The van der Waals surface area contributed by atoms with E-state index in [2.05, 4.69) is 10.8 Å². The van der Waals surface area contributed by atoms with Crippen molar-refractivity contribution in [2.45, 2.75) is 64.5 Å². The Morgan fingerprint density at radius 3 is 2.39 bits per heavy atom. The highest BCUT2D eigenvalue weighted by atomic mass is 16.6. The number of nitrogens with zero attached hydrogens (tertiary/aromatic N) is 2. The molecule has 0 atom stereocenters. The topological polar surface area (TPSA) is 32.8 Å². The van der Waals surface area contributed by atoms with E-state index in [1.807, 2.05) is 25.7 Å². The summed E-state index contributed by atoms with van der Waals surface area (Å²) in [7, 11) is 0. The van der Waals surface area contributed by atoms with Gasteiger partial charge in [-0.25, -0.2) is 4.79 Å². The average molecular weight is 318 g/mol. The Morgan fingerprint density at radius 2 is 1.83 bits per heavy atom. The summed E-state index contributed by atoms with van der Waals surface area (Å²) in [5.74, 6) is 3.40. The zero-order valence-electron chi connectivity index (χ0n) is 14.8. The van der Waals surface area contributed by atoms with E-state index in [0.717, 1.165) is 32.6 Å². The van der Waals surface area contributed by atoms with Crippen LogP contribution >= 0.6 is 0 Å². The molecule has 2 heterocycles. The number of hydrogen-bond acceptors (Lipinski definition) is 3. The lowest BCUT2D eigenvalue weighted by atomic mass is 9.75. The second-order valence-corrected chi connectivity index (χ2v) is 8.73. The van der Waals surface area contributed by atoms with Gasteiger partial charge in [0, 0.05) is 43.6 Å². The number of carbonyl (C=O) groups excluding carboxylic acids is 1. The van der Waals surface area contributed by atoms with Crippen molar-refractivity contribution in [3.63, 3.8) is 0 Å². The first-order valence-corrected chi connectivity index (χ1v) is 8.98. The maximum Gasteiger partial charge on any atom is 0.410 e. The molecule has 0 aromatic heterocycles. The molecule has 1 saturated carbocycles. The number of rotatable bonds is 1. The molecule has 0 radical (unpaired) electrons. The molecule has 0 unspecified atom stereocenters. The van der Waals surface area contributed by atoms with Gasteiger partial charge in [-0.3, -0.25) is 4.90 Å². The molecule has 1 aliphatic carbocycles. The van der Waals surface area contributed by atoms with Gasteiger partial charge in [-0.2, -0.15) is 0 Å². The van der Waals surface area contributed by atoms with Crippen LogP contribution in [0, 0.1) is 23.7 Å². The monoisotopic (exact) mass is 318 g/mol. The molecule has 0 aromatic rings. The number of amides is 1. The second-order valence-electron chi connectivity index (χ2n) is 8.73. The molecule has 2 saturated heterocycles. The minimum Gasteiger partial charge on any atom is -0.444 e. The Balaban J connectivity index is 1.46. The number of likely N-dealkylation sites (tertiary alicyclic amines) is 2. The summed E-state index contributed by atoms with van der Waals surface area (Å²) in [5, 5.41) is 0. The van der Waals surface area contributed by atoms with Crippen LogP contribution < -0.4 is 0 Å². The molecular weight excluding hydrogens is 288 g/mol. The van der Waals surface area contributed by atoms with E-state index in [-0.39, 0.29) is 6.09 Å². The number of hydrogen-bond donors (Lipinski definition) is 0. The first-order chi connectivity index (χ1) is 10.8. The normalized spacial score (nSPS) is 30.8. The van der Waals surface area contributed by atoms with E-state index >= 15 is 0 Å². The molecule has 3 fully saturated rings. The van der Waals surface area contributed by atoms with Crippen molar-refractivity contribution in [3.05, 3.63) is 0 Å². The highest BCUT2D eigenvalue weighted by molar-refractivity contribution is 5.68. The molecule has 4 heteroatoms. The summed E-state index contributed by atoms with van der Waals surface area (Å²) in [5.41, 5.74) is -0.0893. The minimum atomic E-state index is -0.409. The first kappa shape index (κ1) is 16.6. The van der Waals surface area contributed by atoms with Gasteiger partial charge in [0.15, 0.2) is 0 Å². The van der Waals surface area contributed by atoms with Crippen molar-refractivity contribution >= 4 is 6.09 Å². The third-order valence-electron chi connectivity index (χ3n) is 5.62. The fourth-order valence-electron chi connectivity index (χ4n) is 4.36. The molecule has 3 aliphatic rings. The van der Waals surface area contributed by atoms with Crippen LogP contribution in [0.4, 0.5) is 4.79 Å². The average Bonchev–Trinajstić information content (AvgIpc) is 2.90. The van der Waals surface area contributed by atoms with Crippen LogP contribution in [0.25, 0.3) is 0 Å². The van der Waals surface area contributed by atoms with Crippen LogP contribution in [-0.2, 0) is 4.74 Å². The van der Waals surface area contributed by atoms with E-state index in [4.69, 9.17) is 11.2 Å². The van der Waals surface area contributed by atoms with Crippen molar-refractivity contribution in [3.8, 4) is 12.3 Å². The lowest BCUT2D eigenvalue weighted by Gasteiger charge is -2.52. The van der Waals surface area contributed by atoms with Gasteiger partial charge in [-0.1, -0.05) is 0 Å². The Labute approximate surface area is 140 Å². The smallest absolute Gasteiger partial charge is 0.410 e. The number of ether oxygens (including phenoxy) is 1. The maximum absolute atomic E-state index is 12.2. The van der Waals surface area contributed by atoms with Crippen molar-refractivity contribution in [2.24, 2.45) is 11.3 Å². The second kappa shape index (κ2) is 6.02. The predicted octanol–water partition coefficient (Wildman–Crippen LogP) is 3.12. The molecule has 4 nitrogen and oxygen atoms in total. The molecule has 2 aliphatic heterocycles. The molecule has 1 amide bonds. The van der Waals surface area contributed by atoms with Crippen LogP contribution in [0.2, 0.25) is 0 Å². The van der Waals surface area contributed by atoms with Gasteiger partial charge in [0.05, 0.1) is 0 Å². The summed E-state index contributed by atoms with van der Waals surface area (Å²) in [6.45, 7) is 9.75. The largest absolute Gasteiger partial charge is 0.444 e. The van der Waals surface area contributed by atoms with Gasteiger partial charge in [-0.15, -0.1) is 12.3 Å². The van der Waals surface area contributed by atoms with Crippen molar-refractivity contribution < 1.29 is 9.53 Å². The molecule has 0 aromatic carbocycles. The van der Waals surface area contributed by atoms with Gasteiger partial charge in [0.2, 0.25) is 0 Å². The van der Waals surface area contributed by atoms with Crippen LogP contribution in [0.3, 0.4) is 0 Å². The van der Waals surface area contributed by atoms with Gasteiger partial charge < -0.3 is 9.64 Å². The molecule has 1 spiro atoms. The van der Waals surface area contributed by atoms with Gasteiger partial charge >= 0.3 is 6.09 Å². The number of carbonyl (C=O) groups is 1. The molecule has 23 heavy (non-hydrogen) atoms. The van der Waals surface area contributed by atoms with E-state index in [0.29, 0.717) is 17.4 Å². The molecular formula is C19H30N2O2. The SMILES string of the molecule is C#CC1CCC(N2CC3(CCN(C(=O)OC(C)(C)C)C3)C2)CC1. The van der Waals surface area contributed by atoms with Crippen molar-refractivity contribution in [1.29, 1.82) is 0 Å². The summed E-state index contributed by atoms with van der Waals surface area (Å²) in [6, 6.07) is 0.709. The summed E-state index contributed by atoms with van der Waals surface area (Å²) in [6.07, 6.45) is 11.3. The first-order valence-electron chi connectivity index (χ1n) is 8.98. The fourth-order valence-corrected chi connectivity index (χ4v) is 4.36. The highest BCUT2D eigenvalue weighted by Crippen LogP contribution is 2.43. The van der Waals surface area contributed by atoms with Crippen LogP contribution in [-0.4, -0.2) is 53.7 Å². The quantitative estimate of drug-likeness (QED) is 0.696. The van der Waals surface area contributed by atoms with Crippen LogP contribution in [0.15, 0.2) is 0 Å². The highest BCUT2D eigenvalue weighted by Gasteiger charge is 2.50. The van der Waals surface area contributed by atoms with Crippen molar-refractivity contribution in [2.75, 3.05) is 26.2 Å². The Bertz CT molecular complexity index is 488. The van der Waals surface area contributed by atoms with E-state index in [9.17, 15) is 4.79 Å². The van der Waals surface area contributed by atoms with Crippen LogP contribution in [0.5, 0.6) is 0 Å². The summed E-state index contributed by atoms with van der Waals surface area (Å²) in [4.78, 5) is 16.7. The van der Waals surface area contributed by atoms with Gasteiger partial charge in [0.25, 0.3) is 0 Å². The molecule has 128 valence electrons. The fraction of sp³-hybridized carbons (Fsp3) is 0.842. The Hall–Kier alpha value is -1.21. The summed E-state index contributed by atoms with van der Waals surface area (Å²) >= 11 is 0.